The molecule has 0 unspecified atom stereocenters. The number of amides is 2. The number of hydrogen-bond donors (Lipinski definition) is 2. The van der Waals surface area contributed by atoms with Gasteiger partial charge in [-0.15, -0.1) is 11.3 Å². The number of halogens is 3. The van der Waals surface area contributed by atoms with Gasteiger partial charge in [0.15, 0.2) is 0 Å². The molecule has 3 aromatic heterocycles. The van der Waals surface area contributed by atoms with Crippen LogP contribution in [0.2, 0.25) is 5.28 Å². The quantitative estimate of drug-likeness (QED) is 0.328. The summed E-state index contributed by atoms with van der Waals surface area (Å²) in [5, 5.41) is 7.03. The first-order chi connectivity index (χ1) is 18.6. The minimum absolute atomic E-state index is 0.0560. The number of rotatable bonds is 5. The second kappa shape index (κ2) is 9.38. The molecular weight excluding hydrogens is 556 g/mol. The lowest BCUT2D eigenvalue weighted by atomic mass is 10.1. The van der Waals surface area contributed by atoms with Gasteiger partial charge in [-0.1, -0.05) is 0 Å². The Kier molecular flexibility index (Phi) is 6.10. The Morgan fingerprint density at radius 2 is 2.08 bits per heavy atom. The lowest BCUT2D eigenvalue weighted by molar-refractivity contribution is 0.0572. The van der Waals surface area contributed by atoms with Crippen molar-refractivity contribution >= 4 is 61.7 Å². The zero-order valence-electron chi connectivity index (χ0n) is 20.5. The van der Waals surface area contributed by atoms with Gasteiger partial charge >= 0.3 is 6.09 Å². The van der Waals surface area contributed by atoms with Crippen molar-refractivity contribution in [3.05, 3.63) is 40.3 Å². The van der Waals surface area contributed by atoms with Gasteiger partial charge in [0.1, 0.15) is 17.5 Å². The van der Waals surface area contributed by atoms with Crippen LogP contribution >= 0.6 is 22.9 Å². The highest BCUT2D eigenvalue weighted by Gasteiger charge is 2.39. The Bertz CT molecular complexity index is 1650. The number of nitrogens with one attached hydrogen (secondary N) is 2. The first kappa shape index (κ1) is 25.4. The summed E-state index contributed by atoms with van der Waals surface area (Å²) in [4.78, 5) is 43.4. The van der Waals surface area contributed by atoms with Crippen molar-refractivity contribution in [3.8, 4) is 11.8 Å². The molecule has 2 aliphatic heterocycles. The number of alkyl halides is 2. The first-order valence-corrected chi connectivity index (χ1v) is 13.0. The number of anilines is 1. The summed E-state index contributed by atoms with van der Waals surface area (Å²) < 4.78 is 38.3. The third-order valence-electron chi connectivity index (χ3n) is 6.35. The molecule has 1 fully saturated rings. The Hall–Kier alpha value is -3.91. The van der Waals surface area contributed by atoms with Gasteiger partial charge in [-0.25, -0.2) is 28.5 Å². The Balaban J connectivity index is 1.35. The zero-order valence-corrected chi connectivity index (χ0v) is 22.1. The van der Waals surface area contributed by atoms with Crippen LogP contribution < -0.4 is 15.4 Å². The van der Waals surface area contributed by atoms with Gasteiger partial charge in [0.2, 0.25) is 17.0 Å². The van der Waals surface area contributed by atoms with Crippen LogP contribution in [0, 0.1) is 0 Å². The summed E-state index contributed by atoms with van der Waals surface area (Å²) in [6.45, 7) is 3.69. The maximum absolute atomic E-state index is 13.4. The lowest BCUT2D eigenvalue weighted by Gasteiger charge is -2.23. The van der Waals surface area contributed by atoms with E-state index in [4.69, 9.17) is 21.1 Å². The summed E-state index contributed by atoms with van der Waals surface area (Å²) in [5.41, 5.74) is 1.55. The van der Waals surface area contributed by atoms with Crippen LogP contribution in [-0.2, 0) is 11.3 Å². The summed E-state index contributed by atoms with van der Waals surface area (Å²) in [6.07, 6.45) is -0.999. The largest absolute Gasteiger partial charge is 0.447 e. The van der Waals surface area contributed by atoms with E-state index in [0.29, 0.717) is 28.1 Å². The van der Waals surface area contributed by atoms with Gasteiger partial charge in [-0.2, -0.15) is 4.98 Å². The Labute approximate surface area is 228 Å². The van der Waals surface area contributed by atoms with Crippen LogP contribution in [0.1, 0.15) is 29.1 Å². The van der Waals surface area contributed by atoms with E-state index in [0.717, 1.165) is 15.0 Å². The summed E-state index contributed by atoms with van der Waals surface area (Å²) in [5.74, 6) is -0.172. The molecule has 0 radical (unpaired) electrons. The maximum atomic E-state index is 13.4. The molecule has 11 nitrogen and oxygen atoms in total. The molecule has 2 amide bonds. The van der Waals surface area contributed by atoms with Gasteiger partial charge in [0.25, 0.3) is 12.3 Å². The van der Waals surface area contributed by atoms with Crippen LogP contribution in [-0.4, -0.2) is 68.0 Å². The van der Waals surface area contributed by atoms with Crippen molar-refractivity contribution in [2.75, 3.05) is 18.5 Å². The van der Waals surface area contributed by atoms with Crippen LogP contribution in [0.5, 0.6) is 11.8 Å². The number of hydrogen-bond acceptors (Lipinski definition) is 10. The standard InChI is InChI=1S/C24H20ClF2N7O4S/c1-24(2)9-30-17-15-13(39-18(17)20(35)33-24)4-3-11-16(15)28-6-14(31-11)38-21-10(5-29-22(25)32-21)7-34-12(19(26)27)8-37-23(34)36/h3-6,12,19,30H,7-9H2,1-2H3,(H,33,35)/t12-/m1/s1. The normalized spacial score (nSPS) is 18.6. The molecule has 15 heteroatoms. The number of thiophene rings is 1. The third kappa shape index (κ3) is 4.63. The summed E-state index contributed by atoms with van der Waals surface area (Å²) in [7, 11) is 0. The predicted octanol–water partition coefficient (Wildman–Crippen LogP) is 4.60. The topological polar surface area (TPSA) is 131 Å². The van der Waals surface area contributed by atoms with Crippen molar-refractivity contribution in [3.63, 3.8) is 0 Å². The highest BCUT2D eigenvalue weighted by atomic mass is 35.5. The number of nitrogens with zero attached hydrogens (tertiary/aromatic N) is 5. The van der Waals surface area contributed by atoms with Crippen molar-refractivity contribution in [1.29, 1.82) is 0 Å². The van der Waals surface area contributed by atoms with Crippen molar-refractivity contribution in [2.24, 2.45) is 0 Å². The molecule has 202 valence electrons. The van der Waals surface area contributed by atoms with E-state index in [-0.39, 0.29) is 35.1 Å². The van der Waals surface area contributed by atoms with Gasteiger partial charge in [-0.05, 0) is 37.6 Å². The number of fused-ring (bicyclic) bond motifs is 5. The van der Waals surface area contributed by atoms with Crippen LogP contribution in [0.15, 0.2) is 24.5 Å². The number of benzene rings is 1. The van der Waals surface area contributed by atoms with Gasteiger partial charge < -0.3 is 20.1 Å². The fourth-order valence-corrected chi connectivity index (χ4v) is 5.65. The minimum Gasteiger partial charge on any atom is -0.447 e. The van der Waals surface area contributed by atoms with Gasteiger partial charge in [-0.3, -0.25) is 9.69 Å². The number of carbonyl (C=O) groups excluding carboxylic acids is 2. The Morgan fingerprint density at radius 1 is 1.26 bits per heavy atom. The van der Waals surface area contributed by atoms with Crippen molar-refractivity contribution < 1.29 is 27.8 Å². The fraction of sp³-hybridized carbons (Fsp3) is 0.333. The number of aromatic nitrogens is 4. The molecule has 6 rings (SSSR count). The average Bonchev–Trinajstić information content (AvgIpc) is 3.41. The highest BCUT2D eigenvalue weighted by Crippen LogP contribution is 2.41. The molecule has 0 aliphatic carbocycles. The SMILES string of the molecule is CC1(C)CNc2c(sc3ccc4nc(Oc5nc(Cl)ncc5CN5C(=O)OC[C@@H]5C(F)F)cnc4c23)C(=O)N1. The van der Waals surface area contributed by atoms with Gasteiger partial charge in [0, 0.05) is 22.8 Å². The summed E-state index contributed by atoms with van der Waals surface area (Å²) >= 11 is 7.33. The zero-order chi connectivity index (χ0) is 27.5. The lowest BCUT2D eigenvalue weighted by Crippen LogP contribution is -2.46. The molecule has 0 saturated carbocycles. The second-order valence-electron chi connectivity index (χ2n) is 9.69. The maximum Gasteiger partial charge on any atom is 0.410 e. The third-order valence-corrected chi connectivity index (χ3v) is 7.68. The molecule has 0 bridgehead atoms. The molecule has 1 aromatic carbocycles. The molecule has 2 aliphatic rings. The van der Waals surface area contributed by atoms with Crippen LogP contribution in [0.25, 0.3) is 21.1 Å². The van der Waals surface area contributed by atoms with E-state index >= 15 is 0 Å². The monoisotopic (exact) mass is 575 g/mol. The van der Waals surface area contributed by atoms with E-state index in [1.807, 2.05) is 19.9 Å². The van der Waals surface area contributed by atoms with E-state index < -0.39 is 30.7 Å². The van der Waals surface area contributed by atoms with Gasteiger partial charge in [0.05, 0.1) is 40.6 Å². The Morgan fingerprint density at radius 3 is 2.87 bits per heavy atom. The van der Waals surface area contributed by atoms with Crippen LogP contribution in [0.3, 0.4) is 0 Å². The van der Waals surface area contributed by atoms with E-state index in [9.17, 15) is 18.4 Å². The fourth-order valence-electron chi connectivity index (χ4n) is 4.45. The molecule has 0 spiro atoms. The molecule has 1 saturated heterocycles. The van der Waals surface area contributed by atoms with Crippen molar-refractivity contribution in [2.45, 2.75) is 38.4 Å². The summed E-state index contributed by atoms with van der Waals surface area (Å²) in [6, 6.07) is 2.20. The first-order valence-electron chi connectivity index (χ1n) is 11.8. The predicted molar refractivity (Wildman–Crippen MR) is 139 cm³/mol. The smallest absolute Gasteiger partial charge is 0.410 e. The van der Waals surface area contributed by atoms with E-state index in [1.165, 1.54) is 23.7 Å². The molecular formula is C24H20ClF2N7O4S. The molecule has 5 heterocycles. The number of ether oxygens (including phenoxy) is 2. The molecule has 4 aromatic rings. The molecule has 2 N–H and O–H groups in total. The highest BCUT2D eigenvalue weighted by molar-refractivity contribution is 7.21. The number of carbonyl (C=O) groups is 2. The minimum atomic E-state index is -2.80. The van der Waals surface area contributed by atoms with E-state index in [2.05, 4.69) is 30.6 Å². The molecule has 1 atom stereocenters. The van der Waals surface area contributed by atoms with Crippen molar-refractivity contribution in [1.82, 2.24) is 30.2 Å². The molecule has 39 heavy (non-hydrogen) atoms. The average molecular weight is 576 g/mol. The van der Waals surface area contributed by atoms with E-state index in [1.54, 1.807) is 6.07 Å². The second-order valence-corrected chi connectivity index (χ2v) is 11.1. The van der Waals surface area contributed by atoms with Crippen LogP contribution in [0.4, 0.5) is 19.3 Å². The number of cyclic esters (lactones) is 1.